The van der Waals surface area contributed by atoms with Crippen LogP contribution in [0, 0.1) is 5.82 Å². The average molecular weight is 258 g/mol. The van der Waals surface area contributed by atoms with Crippen molar-refractivity contribution >= 4 is 5.78 Å². The van der Waals surface area contributed by atoms with Gasteiger partial charge in [0.15, 0.2) is 0 Å². The molecule has 1 aromatic carbocycles. The molecule has 0 amide bonds. The van der Waals surface area contributed by atoms with Gasteiger partial charge in [-0.2, -0.15) is 18.3 Å². The highest BCUT2D eigenvalue weighted by molar-refractivity contribution is 6.07. The lowest BCUT2D eigenvalue weighted by atomic mass is 10.1. The van der Waals surface area contributed by atoms with E-state index < -0.39 is 23.5 Å². The number of alkyl halides is 3. The van der Waals surface area contributed by atoms with Gasteiger partial charge in [0, 0.05) is 5.56 Å². The fourth-order valence-corrected chi connectivity index (χ4v) is 1.33. The molecule has 1 N–H and O–H groups in total. The Morgan fingerprint density at radius 1 is 1.17 bits per heavy atom. The fourth-order valence-electron chi connectivity index (χ4n) is 1.33. The molecule has 2 aromatic rings. The second-order valence-corrected chi connectivity index (χ2v) is 3.50. The number of carbonyl (C=O) groups is 1. The van der Waals surface area contributed by atoms with E-state index in [2.05, 4.69) is 5.10 Å². The highest BCUT2D eigenvalue weighted by Crippen LogP contribution is 2.28. The van der Waals surface area contributed by atoms with Crippen molar-refractivity contribution in [2.75, 3.05) is 0 Å². The Bertz CT molecular complexity index is 571. The summed E-state index contributed by atoms with van der Waals surface area (Å²) in [6.45, 7) is 0. The number of ketones is 1. The summed E-state index contributed by atoms with van der Waals surface area (Å²) in [5.74, 6) is -1.24. The lowest BCUT2D eigenvalue weighted by molar-refractivity contribution is -0.141. The van der Waals surface area contributed by atoms with Gasteiger partial charge >= 0.3 is 6.18 Å². The second-order valence-electron chi connectivity index (χ2n) is 3.50. The standard InChI is InChI=1S/C11H6F4N2O/c12-7-3-1-6(2-4-7)10(18)8-5-9(17-16-8)11(13,14)15/h1-5H,(H,16,17). The topological polar surface area (TPSA) is 45.8 Å². The van der Waals surface area contributed by atoms with Gasteiger partial charge < -0.3 is 0 Å². The van der Waals surface area contributed by atoms with Gasteiger partial charge in [-0.05, 0) is 30.3 Å². The van der Waals surface area contributed by atoms with Crippen molar-refractivity contribution in [1.29, 1.82) is 0 Å². The Morgan fingerprint density at radius 3 is 2.28 bits per heavy atom. The van der Waals surface area contributed by atoms with Crippen molar-refractivity contribution < 1.29 is 22.4 Å². The molecule has 0 atom stereocenters. The zero-order chi connectivity index (χ0) is 13.3. The number of rotatable bonds is 2. The van der Waals surface area contributed by atoms with Crippen LogP contribution in [0.4, 0.5) is 17.6 Å². The van der Waals surface area contributed by atoms with E-state index in [-0.39, 0.29) is 11.3 Å². The van der Waals surface area contributed by atoms with Crippen molar-refractivity contribution in [3.05, 3.63) is 53.1 Å². The molecule has 1 aromatic heterocycles. The summed E-state index contributed by atoms with van der Waals surface area (Å²) in [5.41, 5.74) is -1.40. The number of hydrogen-bond donors (Lipinski definition) is 1. The average Bonchev–Trinajstić information content (AvgIpc) is 2.78. The van der Waals surface area contributed by atoms with Crippen LogP contribution in [-0.2, 0) is 6.18 Å². The van der Waals surface area contributed by atoms with E-state index in [9.17, 15) is 22.4 Å². The molecule has 0 aliphatic carbocycles. The van der Waals surface area contributed by atoms with Crippen LogP contribution in [0.5, 0.6) is 0 Å². The Balaban J connectivity index is 2.29. The molecular weight excluding hydrogens is 252 g/mol. The summed E-state index contributed by atoms with van der Waals surface area (Å²) in [6.07, 6.45) is -4.59. The van der Waals surface area contributed by atoms with Gasteiger partial charge in [0.05, 0.1) is 0 Å². The minimum Gasteiger partial charge on any atom is -0.287 e. The lowest BCUT2D eigenvalue weighted by Gasteiger charge is -1.99. The summed E-state index contributed by atoms with van der Waals surface area (Å²) < 4.78 is 49.5. The highest BCUT2D eigenvalue weighted by Gasteiger charge is 2.33. The van der Waals surface area contributed by atoms with Gasteiger partial charge in [-0.1, -0.05) is 0 Å². The molecule has 0 aliphatic rings. The predicted molar refractivity (Wildman–Crippen MR) is 53.4 cm³/mol. The summed E-state index contributed by atoms with van der Waals surface area (Å²) in [5, 5.41) is 5.03. The minimum atomic E-state index is -4.59. The quantitative estimate of drug-likeness (QED) is 0.665. The van der Waals surface area contributed by atoms with Crippen LogP contribution < -0.4 is 0 Å². The number of carbonyl (C=O) groups excluding carboxylic acids is 1. The molecule has 0 saturated carbocycles. The van der Waals surface area contributed by atoms with Crippen LogP contribution in [-0.4, -0.2) is 16.0 Å². The number of hydrogen-bond acceptors (Lipinski definition) is 2. The fraction of sp³-hybridized carbons (Fsp3) is 0.0909. The number of H-pyrrole nitrogens is 1. The molecular formula is C11H6F4N2O. The van der Waals surface area contributed by atoms with E-state index in [1.165, 1.54) is 12.1 Å². The zero-order valence-electron chi connectivity index (χ0n) is 8.75. The van der Waals surface area contributed by atoms with Crippen molar-refractivity contribution in [1.82, 2.24) is 10.2 Å². The maximum atomic E-state index is 12.6. The first-order valence-electron chi connectivity index (χ1n) is 4.81. The molecule has 0 saturated heterocycles. The smallest absolute Gasteiger partial charge is 0.287 e. The number of aromatic amines is 1. The van der Waals surface area contributed by atoms with Crippen molar-refractivity contribution in [2.45, 2.75) is 6.18 Å². The summed E-state index contributed by atoms with van der Waals surface area (Å²) >= 11 is 0. The summed E-state index contributed by atoms with van der Waals surface area (Å²) in [6, 6.07) is 5.07. The SMILES string of the molecule is O=C(c1ccc(F)cc1)c1cc(C(F)(F)F)[nH]n1. The molecule has 1 heterocycles. The minimum absolute atomic E-state index is 0.0663. The van der Waals surface area contributed by atoms with Crippen LogP contribution >= 0.6 is 0 Å². The normalized spacial score (nSPS) is 11.6. The zero-order valence-corrected chi connectivity index (χ0v) is 8.75. The molecule has 18 heavy (non-hydrogen) atoms. The summed E-state index contributed by atoms with van der Waals surface area (Å²) in [4.78, 5) is 11.7. The monoisotopic (exact) mass is 258 g/mol. The van der Waals surface area contributed by atoms with Gasteiger partial charge in [-0.25, -0.2) is 4.39 Å². The number of halogens is 4. The molecule has 2 rings (SSSR count). The summed E-state index contributed by atoms with van der Waals surface area (Å²) in [7, 11) is 0. The number of nitrogens with one attached hydrogen (secondary N) is 1. The van der Waals surface area contributed by atoms with Gasteiger partial charge in [0.1, 0.15) is 17.2 Å². The van der Waals surface area contributed by atoms with E-state index in [1.54, 1.807) is 5.10 Å². The van der Waals surface area contributed by atoms with E-state index in [4.69, 9.17) is 0 Å². The van der Waals surface area contributed by atoms with Gasteiger partial charge in [0.2, 0.25) is 5.78 Å². The van der Waals surface area contributed by atoms with E-state index in [0.29, 0.717) is 6.07 Å². The van der Waals surface area contributed by atoms with Crippen molar-refractivity contribution in [3.8, 4) is 0 Å². The second kappa shape index (κ2) is 4.25. The molecule has 0 unspecified atom stereocenters. The number of aromatic nitrogens is 2. The molecule has 7 heteroatoms. The third kappa shape index (κ3) is 2.39. The Kier molecular flexibility index (Phi) is 2.90. The van der Waals surface area contributed by atoms with E-state index in [1.807, 2.05) is 0 Å². The highest BCUT2D eigenvalue weighted by atomic mass is 19.4. The Hall–Kier alpha value is -2.18. The maximum Gasteiger partial charge on any atom is 0.432 e. The van der Waals surface area contributed by atoms with Crippen LogP contribution in [0.15, 0.2) is 30.3 Å². The molecule has 0 fully saturated rings. The van der Waals surface area contributed by atoms with Crippen LogP contribution in [0.25, 0.3) is 0 Å². The Morgan fingerprint density at radius 2 is 1.78 bits per heavy atom. The molecule has 3 nitrogen and oxygen atoms in total. The molecule has 0 spiro atoms. The van der Waals surface area contributed by atoms with Crippen LogP contribution in [0.1, 0.15) is 21.7 Å². The number of benzene rings is 1. The Labute approximate surface area is 98.4 Å². The molecule has 0 aliphatic heterocycles. The third-order valence-corrected chi connectivity index (χ3v) is 2.22. The first kappa shape index (κ1) is 12.3. The van der Waals surface area contributed by atoms with Crippen molar-refractivity contribution in [2.24, 2.45) is 0 Å². The van der Waals surface area contributed by atoms with Gasteiger partial charge in [-0.3, -0.25) is 9.89 Å². The van der Waals surface area contributed by atoms with Crippen LogP contribution in [0.3, 0.4) is 0 Å². The van der Waals surface area contributed by atoms with Crippen molar-refractivity contribution in [3.63, 3.8) is 0 Å². The largest absolute Gasteiger partial charge is 0.432 e. The van der Waals surface area contributed by atoms with Crippen LogP contribution in [0.2, 0.25) is 0 Å². The van der Waals surface area contributed by atoms with E-state index >= 15 is 0 Å². The first-order chi connectivity index (χ1) is 8.38. The lowest BCUT2D eigenvalue weighted by Crippen LogP contribution is -2.05. The maximum absolute atomic E-state index is 12.6. The van der Waals surface area contributed by atoms with Gasteiger partial charge in [-0.15, -0.1) is 0 Å². The van der Waals surface area contributed by atoms with Gasteiger partial charge in [0.25, 0.3) is 0 Å². The molecule has 0 bridgehead atoms. The predicted octanol–water partition coefficient (Wildman–Crippen LogP) is 2.80. The third-order valence-electron chi connectivity index (χ3n) is 2.22. The first-order valence-corrected chi connectivity index (χ1v) is 4.81. The number of nitrogens with zero attached hydrogens (tertiary/aromatic N) is 1. The van der Waals surface area contributed by atoms with E-state index in [0.717, 1.165) is 12.1 Å². The molecule has 0 radical (unpaired) electrons. The molecule has 94 valence electrons.